The number of aryl methyl sites for hydroxylation is 1. The number of rotatable bonds is 4. The van der Waals surface area contributed by atoms with Gasteiger partial charge in [0.1, 0.15) is 17.7 Å². The number of halogens is 1. The number of fused-ring (bicyclic) bond motifs is 1. The lowest BCUT2D eigenvalue weighted by Gasteiger charge is -2.23. The van der Waals surface area contributed by atoms with Gasteiger partial charge in [-0.1, -0.05) is 47.6 Å². The van der Waals surface area contributed by atoms with Crippen molar-refractivity contribution in [3.8, 4) is 0 Å². The highest BCUT2D eigenvalue weighted by atomic mass is 35.5. The fourth-order valence-corrected chi connectivity index (χ4v) is 5.38. The number of nitrogens with zero attached hydrogens (tertiary/aromatic N) is 3. The number of benzene rings is 2. The van der Waals surface area contributed by atoms with Gasteiger partial charge >= 0.3 is 0 Å². The fourth-order valence-electron chi connectivity index (χ4n) is 3.28. The number of amidine groups is 1. The van der Waals surface area contributed by atoms with E-state index in [1.54, 1.807) is 11.3 Å². The molecule has 1 atom stereocenters. The zero-order valence-electron chi connectivity index (χ0n) is 16.0. The molecule has 0 saturated heterocycles. The topological polar surface area (TPSA) is 59.4 Å². The molecule has 5 rings (SSSR count). The largest absolute Gasteiger partial charge is 0.272 e. The van der Waals surface area contributed by atoms with E-state index < -0.39 is 0 Å². The van der Waals surface area contributed by atoms with Crippen molar-refractivity contribution in [1.29, 1.82) is 0 Å². The van der Waals surface area contributed by atoms with E-state index >= 15 is 0 Å². The summed E-state index contributed by atoms with van der Waals surface area (Å²) < 4.78 is 0. The third kappa shape index (κ3) is 3.94. The maximum absolute atomic E-state index is 6.18. The summed E-state index contributed by atoms with van der Waals surface area (Å²) in [4.78, 5) is 14.1. The van der Waals surface area contributed by atoms with Crippen molar-refractivity contribution in [2.75, 3.05) is 6.61 Å². The van der Waals surface area contributed by atoms with Gasteiger partial charge < -0.3 is 0 Å². The molecule has 8 heteroatoms. The van der Waals surface area contributed by atoms with Crippen LogP contribution in [-0.4, -0.2) is 22.6 Å². The molecule has 30 heavy (non-hydrogen) atoms. The molecule has 0 fully saturated rings. The Hall–Kier alpha value is -2.45. The van der Waals surface area contributed by atoms with Gasteiger partial charge in [-0.3, -0.25) is 9.83 Å². The lowest BCUT2D eigenvalue weighted by Crippen LogP contribution is -2.33. The van der Waals surface area contributed by atoms with Gasteiger partial charge in [0.2, 0.25) is 0 Å². The third-order valence-electron chi connectivity index (χ3n) is 4.67. The van der Waals surface area contributed by atoms with Crippen molar-refractivity contribution in [3.05, 3.63) is 81.0 Å². The molecule has 2 aromatic heterocycles. The monoisotopic (exact) mass is 452 g/mol. The van der Waals surface area contributed by atoms with Gasteiger partial charge in [0, 0.05) is 25.1 Å². The number of nitrogens with one attached hydrogen (secondary N) is 1. The molecule has 0 aliphatic carbocycles. The van der Waals surface area contributed by atoms with E-state index in [2.05, 4.69) is 34.7 Å². The Morgan fingerprint density at radius 2 is 2.00 bits per heavy atom. The fraction of sp³-hybridized carbons (Fsp3) is 0.136. The summed E-state index contributed by atoms with van der Waals surface area (Å²) in [5.74, 6) is 0.660. The van der Waals surface area contributed by atoms with E-state index in [1.807, 2.05) is 48.5 Å². The van der Waals surface area contributed by atoms with Crippen LogP contribution in [0.5, 0.6) is 0 Å². The maximum Gasteiger partial charge on any atom is 0.156 e. The molecule has 1 aliphatic heterocycles. The Labute approximate surface area is 187 Å². The van der Waals surface area contributed by atoms with Crippen LogP contribution >= 0.6 is 34.7 Å². The van der Waals surface area contributed by atoms with Gasteiger partial charge in [0.15, 0.2) is 5.84 Å². The van der Waals surface area contributed by atoms with E-state index in [9.17, 15) is 0 Å². The molecule has 0 saturated carbocycles. The van der Waals surface area contributed by atoms with E-state index in [-0.39, 0.29) is 6.04 Å². The summed E-state index contributed by atoms with van der Waals surface area (Å²) in [6.45, 7) is 2.58. The average molecular weight is 453 g/mol. The molecule has 5 nitrogen and oxygen atoms in total. The summed E-state index contributed by atoms with van der Waals surface area (Å²) in [6.07, 6.45) is 0. The standard InChI is InChI=1S/C22H17ClN4OS2/c1-13-9-10-19(29-13)18-12-28-27-21(24-18)20-16-7-2-3-8-17(16)25-26-22(20)30-15-6-4-5-14(23)11-15/h2-11,18H,12H2,1H3,(H,24,27)/t18-/m1/s1. The van der Waals surface area contributed by atoms with E-state index in [0.29, 0.717) is 17.5 Å². The molecular weight excluding hydrogens is 436 g/mol. The maximum atomic E-state index is 6.18. The second-order valence-electron chi connectivity index (χ2n) is 6.81. The van der Waals surface area contributed by atoms with Crippen LogP contribution in [0.25, 0.3) is 10.9 Å². The molecule has 0 unspecified atom stereocenters. The molecule has 0 spiro atoms. The Morgan fingerprint density at radius 3 is 2.83 bits per heavy atom. The summed E-state index contributed by atoms with van der Waals surface area (Å²) in [7, 11) is 0. The molecule has 3 heterocycles. The Balaban J connectivity index is 1.63. The van der Waals surface area contributed by atoms with Crippen LogP contribution in [0.15, 0.2) is 75.6 Å². The van der Waals surface area contributed by atoms with Gasteiger partial charge in [0.25, 0.3) is 0 Å². The number of hydrogen-bond donors (Lipinski definition) is 1. The molecule has 1 aliphatic rings. The Morgan fingerprint density at radius 1 is 1.10 bits per heavy atom. The number of thiophene rings is 1. The minimum Gasteiger partial charge on any atom is -0.272 e. The summed E-state index contributed by atoms with van der Waals surface area (Å²) in [5.41, 5.74) is 4.70. The number of aliphatic imine (C=N–C) groups is 1. The number of hydrogen-bond acceptors (Lipinski definition) is 7. The van der Waals surface area contributed by atoms with Crippen LogP contribution in [0.4, 0.5) is 0 Å². The quantitative estimate of drug-likeness (QED) is 0.422. The lowest BCUT2D eigenvalue weighted by atomic mass is 10.1. The van der Waals surface area contributed by atoms with Crippen molar-refractivity contribution >= 4 is 51.4 Å². The summed E-state index contributed by atoms with van der Waals surface area (Å²) in [5, 5.41) is 11.3. The molecular formula is C22H17ClN4OS2. The molecule has 150 valence electrons. The highest BCUT2D eigenvalue weighted by Gasteiger charge is 2.24. The zero-order chi connectivity index (χ0) is 20.5. The van der Waals surface area contributed by atoms with Gasteiger partial charge in [-0.25, -0.2) is 5.48 Å². The first-order valence-electron chi connectivity index (χ1n) is 9.38. The van der Waals surface area contributed by atoms with E-state index in [4.69, 9.17) is 21.4 Å². The predicted octanol–water partition coefficient (Wildman–Crippen LogP) is 5.83. The average Bonchev–Trinajstić information content (AvgIpc) is 3.20. The second kappa shape index (κ2) is 8.35. The molecule has 0 amide bonds. The van der Waals surface area contributed by atoms with E-state index in [1.165, 1.54) is 21.5 Å². The SMILES string of the molecule is Cc1ccc([C@H]2CONC(c3c(Sc4cccc(Cl)c4)nnc4ccccc34)=N2)s1. The molecule has 0 radical (unpaired) electrons. The predicted molar refractivity (Wildman–Crippen MR) is 123 cm³/mol. The van der Waals surface area contributed by atoms with Crippen LogP contribution in [0.3, 0.4) is 0 Å². The van der Waals surface area contributed by atoms with Crippen molar-refractivity contribution in [2.45, 2.75) is 22.9 Å². The summed E-state index contributed by atoms with van der Waals surface area (Å²) >= 11 is 9.43. The highest BCUT2D eigenvalue weighted by molar-refractivity contribution is 7.99. The van der Waals surface area contributed by atoms with Gasteiger partial charge in [-0.05, 0) is 43.3 Å². The smallest absolute Gasteiger partial charge is 0.156 e. The minimum absolute atomic E-state index is 0.0594. The van der Waals surface area contributed by atoms with Gasteiger partial charge in [-0.15, -0.1) is 21.5 Å². The van der Waals surface area contributed by atoms with Crippen LogP contribution in [-0.2, 0) is 4.84 Å². The Bertz CT molecular complexity index is 1260. The Kier molecular flexibility index (Phi) is 5.43. The first-order valence-corrected chi connectivity index (χ1v) is 11.4. The second-order valence-corrected chi connectivity index (χ2v) is 9.63. The molecule has 0 bridgehead atoms. The normalized spacial score (nSPS) is 16.3. The number of aromatic nitrogens is 2. The van der Waals surface area contributed by atoms with Gasteiger partial charge in [-0.2, -0.15) is 0 Å². The first-order chi connectivity index (χ1) is 14.7. The van der Waals surface area contributed by atoms with Crippen LogP contribution < -0.4 is 5.48 Å². The molecule has 2 aromatic carbocycles. The molecule has 4 aromatic rings. The zero-order valence-corrected chi connectivity index (χ0v) is 18.4. The van der Waals surface area contributed by atoms with Crippen LogP contribution in [0.1, 0.15) is 21.4 Å². The van der Waals surface area contributed by atoms with Crippen molar-refractivity contribution in [2.24, 2.45) is 4.99 Å². The number of hydroxylamine groups is 1. The van der Waals surface area contributed by atoms with Crippen molar-refractivity contribution in [3.63, 3.8) is 0 Å². The van der Waals surface area contributed by atoms with Crippen LogP contribution in [0, 0.1) is 6.92 Å². The van der Waals surface area contributed by atoms with Crippen LogP contribution in [0.2, 0.25) is 5.02 Å². The van der Waals surface area contributed by atoms with E-state index in [0.717, 1.165) is 26.4 Å². The van der Waals surface area contributed by atoms with Gasteiger partial charge in [0.05, 0.1) is 11.1 Å². The van der Waals surface area contributed by atoms with Crippen molar-refractivity contribution < 1.29 is 4.84 Å². The summed E-state index contributed by atoms with van der Waals surface area (Å²) in [6, 6.07) is 19.8. The van der Waals surface area contributed by atoms with Crippen molar-refractivity contribution in [1.82, 2.24) is 15.7 Å². The molecule has 1 N–H and O–H groups in total. The first kappa shape index (κ1) is 19.5. The highest BCUT2D eigenvalue weighted by Crippen LogP contribution is 2.35. The minimum atomic E-state index is -0.0594. The lowest BCUT2D eigenvalue weighted by molar-refractivity contribution is 0.0628. The third-order valence-corrected chi connectivity index (χ3v) is 6.97.